The van der Waals surface area contributed by atoms with E-state index in [9.17, 15) is 0 Å². The van der Waals surface area contributed by atoms with Crippen LogP contribution in [0.2, 0.25) is 10.4 Å². The topological polar surface area (TPSA) is 63.8 Å². The van der Waals surface area contributed by atoms with Gasteiger partial charge in [0.25, 0.3) is 0 Å². The highest BCUT2D eigenvalue weighted by molar-refractivity contribution is 6.32. The third-order valence-corrected chi connectivity index (χ3v) is 3.67. The van der Waals surface area contributed by atoms with Crippen LogP contribution in [0.25, 0.3) is 0 Å². The molecule has 4 nitrogen and oxygen atoms in total. The second-order valence-corrected chi connectivity index (χ2v) is 5.09. The molecular weight excluding hydrogens is 259 g/mol. The maximum absolute atomic E-state index is 6.06. The minimum Gasteiger partial charge on any atom is -0.326 e. The normalized spacial score (nSPS) is 24.9. The minimum atomic E-state index is 0.174. The molecule has 17 heavy (non-hydrogen) atoms. The fourth-order valence-electron chi connectivity index (χ4n) is 2.14. The van der Waals surface area contributed by atoms with Crippen LogP contribution in [-0.2, 0) is 6.54 Å². The van der Waals surface area contributed by atoms with E-state index in [0.717, 1.165) is 18.4 Å². The molecule has 0 aromatic carbocycles. The number of nitrogens with two attached hydrogens (primary N) is 1. The average molecular weight is 275 g/mol. The number of nitrogens with zero attached hydrogens (tertiary/aromatic N) is 2. The predicted molar refractivity (Wildman–Crippen MR) is 69.1 cm³/mol. The van der Waals surface area contributed by atoms with Crippen molar-refractivity contribution in [1.82, 2.24) is 15.3 Å². The molecule has 1 aliphatic carbocycles. The van der Waals surface area contributed by atoms with Gasteiger partial charge in [-0.15, -0.1) is 0 Å². The van der Waals surface area contributed by atoms with E-state index in [-0.39, 0.29) is 11.3 Å². The van der Waals surface area contributed by atoms with Crippen molar-refractivity contribution >= 4 is 23.2 Å². The summed E-state index contributed by atoms with van der Waals surface area (Å²) in [6.07, 6.45) is 6.31. The zero-order valence-electron chi connectivity index (χ0n) is 9.50. The Kier molecular flexibility index (Phi) is 4.56. The quantitative estimate of drug-likeness (QED) is 0.655. The molecule has 1 aliphatic rings. The summed E-state index contributed by atoms with van der Waals surface area (Å²) in [5.74, 6) is 0. The molecule has 2 unspecified atom stereocenters. The van der Waals surface area contributed by atoms with Gasteiger partial charge in [-0.1, -0.05) is 24.4 Å². The summed E-state index contributed by atoms with van der Waals surface area (Å²) in [7, 11) is 0. The Morgan fingerprint density at radius 1 is 1.35 bits per heavy atom. The second kappa shape index (κ2) is 5.96. The lowest BCUT2D eigenvalue weighted by atomic mass is 9.91. The van der Waals surface area contributed by atoms with Gasteiger partial charge in [-0.3, -0.25) is 0 Å². The van der Waals surface area contributed by atoms with Crippen molar-refractivity contribution in [2.45, 2.75) is 44.3 Å². The summed E-state index contributed by atoms with van der Waals surface area (Å²) in [5, 5.41) is 3.99. The van der Waals surface area contributed by atoms with Crippen LogP contribution in [0.15, 0.2) is 6.20 Å². The lowest BCUT2D eigenvalue weighted by Gasteiger charge is -2.29. The Hall–Kier alpha value is -0.420. The largest absolute Gasteiger partial charge is 0.326 e. The average Bonchev–Trinajstić information content (AvgIpc) is 2.30. The molecule has 0 amide bonds. The van der Waals surface area contributed by atoms with Gasteiger partial charge in [0, 0.05) is 30.4 Å². The first-order valence-electron chi connectivity index (χ1n) is 5.82. The van der Waals surface area contributed by atoms with Crippen LogP contribution in [0.3, 0.4) is 0 Å². The van der Waals surface area contributed by atoms with Crippen molar-refractivity contribution < 1.29 is 0 Å². The molecule has 1 heterocycles. The molecule has 3 N–H and O–H groups in total. The van der Waals surface area contributed by atoms with Gasteiger partial charge in [0.05, 0.1) is 0 Å². The van der Waals surface area contributed by atoms with Crippen molar-refractivity contribution in [2.75, 3.05) is 0 Å². The van der Waals surface area contributed by atoms with Crippen molar-refractivity contribution in [3.05, 3.63) is 22.2 Å². The number of rotatable bonds is 3. The number of hydrogen-bond donors (Lipinski definition) is 2. The van der Waals surface area contributed by atoms with Crippen LogP contribution in [-0.4, -0.2) is 22.1 Å². The van der Waals surface area contributed by atoms with Crippen LogP contribution in [0.5, 0.6) is 0 Å². The lowest BCUT2D eigenvalue weighted by Crippen LogP contribution is -2.46. The Balaban J connectivity index is 1.92. The molecule has 0 bridgehead atoms. The maximum Gasteiger partial charge on any atom is 0.223 e. The molecule has 94 valence electrons. The molecule has 1 aromatic rings. The van der Waals surface area contributed by atoms with Crippen molar-refractivity contribution in [3.8, 4) is 0 Å². The molecule has 6 heteroatoms. The second-order valence-electron chi connectivity index (χ2n) is 4.39. The molecule has 2 atom stereocenters. The van der Waals surface area contributed by atoms with E-state index in [1.807, 2.05) is 0 Å². The van der Waals surface area contributed by atoms with E-state index in [0.29, 0.717) is 17.7 Å². The monoisotopic (exact) mass is 274 g/mol. The van der Waals surface area contributed by atoms with Crippen LogP contribution in [0.1, 0.15) is 31.2 Å². The van der Waals surface area contributed by atoms with Crippen LogP contribution in [0.4, 0.5) is 0 Å². The zero-order chi connectivity index (χ0) is 12.3. The molecule has 2 rings (SSSR count). The predicted octanol–water partition coefficient (Wildman–Crippen LogP) is 2.14. The van der Waals surface area contributed by atoms with Gasteiger partial charge in [0.15, 0.2) is 0 Å². The summed E-state index contributed by atoms with van der Waals surface area (Å²) in [5.41, 5.74) is 6.91. The zero-order valence-corrected chi connectivity index (χ0v) is 11.0. The molecule has 0 saturated heterocycles. The molecule has 1 aromatic heterocycles. The fourth-order valence-corrected chi connectivity index (χ4v) is 2.51. The highest BCUT2D eigenvalue weighted by Gasteiger charge is 2.21. The van der Waals surface area contributed by atoms with Gasteiger partial charge in [0.2, 0.25) is 5.28 Å². The van der Waals surface area contributed by atoms with E-state index in [4.69, 9.17) is 28.9 Å². The van der Waals surface area contributed by atoms with E-state index in [1.54, 1.807) is 6.20 Å². The van der Waals surface area contributed by atoms with Crippen molar-refractivity contribution in [2.24, 2.45) is 5.73 Å². The first-order valence-corrected chi connectivity index (χ1v) is 6.58. The van der Waals surface area contributed by atoms with Gasteiger partial charge in [-0.25, -0.2) is 9.97 Å². The van der Waals surface area contributed by atoms with E-state index in [1.165, 1.54) is 12.8 Å². The van der Waals surface area contributed by atoms with Gasteiger partial charge < -0.3 is 11.1 Å². The Labute approximate surface area is 111 Å². The summed E-state index contributed by atoms with van der Waals surface area (Å²) in [4.78, 5) is 7.83. The molecular formula is C11H16Cl2N4. The standard InChI is InChI=1S/C11H16Cl2N4/c12-10-7(6-16-11(13)17-10)5-15-9-4-2-1-3-8(9)14/h6,8-9,15H,1-5,14H2. The molecule has 1 saturated carbocycles. The fraction of sp³-hybridized carbons (Fsp3) is 0.636. The molecule has 1 fully saturated rings. The SMILES string of the molecule is NC1CCCCC1NCc1cnc(Cl)nc1Cl. The van der Waals surface area contributed by atoms with Gasteiger partial charge in [0.1, 0.15) is 5.15 Å². The number of nitrogens with one attached hydrogen (secondary N) is 1. The molecule has 0 spiro atoms. The highest BCUT2D eigenvalue weighted by Crippen LogP contribution is 2.19. The first-order chi connectivity index (χ1) is 8.16. The van der Waals surface area contributed by atoms with E-state index >= 15 is 0 Å². The Bertz CT molecular complexity index is 386. The van der Waals surface area contributed by atoms with Crippen molar-refractivity contribution in [1.29, 1.82) is 0 Å². The van der Waals surface area contributed by atoms with Crippen LogP contribution < -0.4 is 11.1 Å². The van der Waals surface area contributed by atoms with Crippen LogP contribution >= 0.6 is 23.2 Å². The molecule has 0 aliphatic heterocycles. The highest BCUT2D eigenvalue weighted by atomic mass is 35.5. The lowest BCUT2D eigenvalue weighted by molar-refractivity contribution is 0.326. The van der Waals surface area contributed by atoms with E-state index in [2.05, 4.69) is 15.3 Å². The Morgan fingerprint density at radius 2 is 2.12 bits per heavy atom. The first kappa shape index (κ1) is 13.0. The third kappa shape index (κ3) is 3.52. The summed E-state index contributed by atoms with van der Waals surface area (Å²) in [6.45, 7) is 0.633. The third-order valence-electron chi connectivity index (χ3n) is 3.16. The van der Waals surface area contributed by atoms with E-state index < -0.39 is 0 Å². The summed E-state index contributed by atoms with van der Waals surface area (Å²) < 4.78 is 0. The number of halogens is 2. The van der Waals surface area contributed by atoms with Gasteiger partial charge in [-0.05, 0) is 24.4 Å². The number of hydrogen-bond acceptors (Lipinski definition) is 4. The summed E-state index contributed by atoms with van der Waals surface area (Å²) >= 11 is 11.6. The smallest absolute Gasteiger partial charge is 0.223 e. The maximum atomic E-state index is 6.06. The minimum absolute atomic E-state index is 0.174. The van der Waals surface area contributed by atoms with Gasteiger partial charge in [-0.2, -0.15) is 0 Å². The van der Waals surface area contributed by atoms with Crippen LogP contribution in [0, 0.1) is 0 Å². The van der Waals surface area contributed by atoms with Gasteiger partial charge >= 0.3 is 0 Å². The Morgan fingerprint density at radius 3 is 2.82 bits per heavy atom. The van der Waals surface area contributed by atoms with Crippen molar-refractivity contribution in [3.63, 3.8) is 0 Å². The number of aromatic nitrogens is 2. The molecule has 0 radical (unpaired) electrons. The summed E-state index contributed by atoms with van der Waals surface area (Å²) in [6, 6.07) is 0.589.